The number of benzene rings is 1. The highest BCUT2D eigenvalue weighted by molar-refractivity contribution is 6.37. The van der Waals surface area contributed by atoms with Crippen molar-refractivity contribution in [3.8, 4) is 6.07 Å². The zero-order valence-electron chi connectivity index (χ0n) is 12.7. The van der Waals surface area contributed by atoms with Crippen LogP contribution in [0, 0.1) is 17.2 Å². The highest BCUT2D eigenvalue weighted by Gasteiger charge is 2.37. The molecule has 1 aromatic carbocycles. The van der Waals surface area contributed by atoms with Gasteiger partial charge in [-0.05, 0) is 31.0 Å². The Balaban J connectivity index is 1.95. The number of halogens is 2. The molecule has 5 nitrogen and oxygen atoms in total. The zero-order chi connectivity index (χ0) is 17.3. The first-order valence-electron chi connectivity index (χ1n) is 7.73. The van der Waals surface area contributed by atoms with Crippen molar-refractivity contribution in [2.45, 2.75) is 31.7 Å². The molecule has 3 rings (SSSR count). The van der Waals surface area contributed by atoms with Crippen molar-refractivity contribution in [3.05, 3.63) is 45.2 Å². The third-order valence-electron chi connectivity index (χ3n) is 4.45. The second-order valence-corrected chi connectivity index (χ2v) is 6.79. The first kappa shape index (κ1) is 16.8. The minimum Gasteiger partial charge on any atom is -0.367 e. The third-order valence-corrected chi connectivity index (χ3v) is 4.99. The van der Waals surface area contributed by atoms with E-state index in [1.54, 1.807) is 0 Å². The average Bonchev–Trinajstić information content (AvgIpc) is 2.55. The highest BCUT2D eigenvalue weighted by Crippen LogP contribution is 2.29. The largest absolute Gasteiger partial charge is 0.367 e. The molecule has 1 aliphatic carbocycles. The van der Waals surface area contributed by atoms with Gasteiger partial charge in [0.25, 0.3) is 0 Å². The maximum absolute atomic E-state index is 12.7. The molecular weight excluding hydrogens is 349 g/mol. The molecule has 0 spiro atoms. The third kappa shape index (κ3) is 3.12. The van der Waals surface area contributed by atoms with Gasteiger partial charge in [0.1, 0.15) is 17.5 Å². The number of ketones is 1. The Morgan fingerprint density at radius 1 is 1.25 bits per heavy atom. The van der Waals surface area contributed by atoms with E-state index < -0.39 is 5.78 Å². The van der Waals surface area contributed by atoms with Crippen molar-refractivity contribution >= 4 is 34.9 Å². The smallest absolute Gasteiger partial charge is 0.230 e. The fourth-order valence-corrected chi connectivity index (χ4v) is 3.71. The van der Waals surface area contributed by atoms with E-state index in [-0.39, 0.29) is 39.8 Å². The molecule has 24 heavy (non-hydrogen) atoms. The van der Waals surface area contributed by atoms with Gasteiger partial charge in [0.2, 0.25) is 11.7 Å². The van der Waals surface area contributed by atoms with E-state index in [0.29, 0.717) is 5.02 Å². The first-order chi connectivity index (χ1) is 11.5. The summed E-state index contributed by atoms with van der Waals surface area (Å²) in [4.78, 5) is 25.0. The SMILES string of the molecule is N#C/C(C(=O)c1ccc(Cl)cc1Cl)=C1/NC(=O)C2CCCCC2N1. The molecule has 1 aromatic rings. The molecule has 2 fully saturated rings. The quantitative estimate of drug-likeness (QED) is 0.480. The van der Waals surface area contributed by atoms with Gasteiger partial charge in [0, 0.05) is 16.6 Å². The van der Waals surface area contributed by atoms with E-state index in [0.717, 1.165) is 25.7 Å². The number of nitrogens with zero attached hydrogens (tertiary/aromatic N) is 1. The van der Waals surface area contributed by atoms with Crippen molar-refractivity contribution < 1.29 is 9.59 Å². The van der Waals surface area contributed by atoms with Gasteiger partial charge in [-0.15, -0.1) is 0 Å². The van der Waals surface area contributed by atoms with Gasteiger partial charge in [-0.25, -0.2) is 0 Å². The van der Waals surface area contributed by atoms with Crippen LogP contribution in [-0.4, -0.2) is 17.7 Å². The number of amides is 1. The number of carbonyl (C=O) groups is 2. The lowest BCUT2D eigenvalue weighted by atomic mass is 9.82. The number of nitrogens with one attached hydrogen (secondary N) is 2. The van der Waals surface area contributed by atoms with Gasteiger partial charge in [0.15, 0.2) is 0 Å². The van der Waals surface area contributed by atoms with Gasteiger partial charge in [-0.3, -0.25) is 9.59 Å². The first-order valence-corrected chi connectivity index (χ1v) is 8.48. The molecule has 0 bridgehead atoms. The van der Waals surface area contributed by atoms with E-state index in [2.05, 4.69) is 10.6 Å². The summed E-state index contributed by atoms with van der Waals surface area (Å²) in [6, 6.07) is 6.29. The Morgan fingerprint density at radius 2 is 2.00 bits per heavy atom. The molecule has 7 heteroatoms. The fourth-order valence-electron chi connectivity index (χ4n) is 3.22. The van der Waals surface area contributed by atoms with Crippen LogP contribution in [0.1, 0.15) is 36.0 Å². The Bertz CT molecular complexity index is 783. The van der Waals surface area contributed by atoms with Crippen molar-refractivity contribution in [1.82, 2.24) is 10.6 Å². The maximum Gasteiger partial charge on any atom is 0.230 e. The maximum atomic E-state index is 12.7. The van der Waals surface area contributed by atoms with Crippen molar-refractivity contribution in [1.29, 1.82) is 5.26 Å². The molecule has 1 saturated carbocycles. The molecule has 0 aromatic heterocycles. The van der Waals surface area contributed by atoms with E-state index in [1.165, 1.54) is 18.2 Å². The minimum absolute atomic E-state index is 0.0423. The fraction of sp³-hybridized carbons (Fsp3) is 0.353. The Morgan fingerprint density at radius 3 is 2.71 bits per heavy atom. The predicted octanol–water partition coefficient (Wildman–Crippen LogP) is 3.19. The van der Waals surface area contributed by atoms with E-state index in [1.807, 2.05) is 6.07 Å². The van der Waals surface area contributed by atoms with Crippen LogP contribution in [0.3, 0.4) is 0 Å². The zero-order valence-corrected chi connectivity index (χ0v) is 14.2. The molecule has 2 atom stereocenters. The van der Waals surface area contributed by atoms with Gasteiger partial charge in [-0.2, -0.15) is 5.26 Å². The second-order valence-electron chi connectivity index (χ2n) is 5.95. The molecule has 2 aliphatic rings. The van der Waals surface area contributed by atoms with E-state index in [4.69, 9.17) is 23.2 Å². The summed E-state index contributed by atoms with van der Waals surface area (Å²) in [5, 5.41) is 15.8. The Kier molecular flexibility index (Phi) is 4.79. The number of Topliss-reactive ketones (excluding diaryl/α,β-unsaturated/α-hetero) is 1. The summed E-state index contributed by atoms with van der Waals surface area (Å²) in [6.45, 7) is 0. The van der Waals surface area contributed by atoms with Crippen LogP contribution in [0.5, 0.6) is 0 Å². The molecule has 124 valence electrons. The summed E-state index contributed by atoms with van der Waals surface area (Å²) in [5.74, 6) is -0.634. The van der Waals surface area contributed by atoms with Crippen molar-refractivity contribution in [2.24, 2.45) is 5.92 Å². The Hall–Kier alpha value is -2.03. The van der Waals surface area contributed by atoms with Crippen LogP contribution < -0.4 is 10.6 Å². The van der Waals surface area contributed by atoms with Crippen LogP contribution in [-0.2, 0) is 4.79 Å². The Labute approximate surface area is 149 Å². The molecule has 1 saturated heterocycles. The molecule has 1 heterocycles. The number of fused-ring (bicyclic) bond motifs is 1. The molecular formula is C17H15Cl2N3O2. The summed E-state index contributed by atoms with van der Waals surface area (Å²) in [7, 11) is 0. The number of hydrogen-bond donors (Lipinski definition) is 2. The van der Waals surface area contributed by atoms with Crippen LogP contribution in [0.4, 0.5) is 0 Å². The molecule has 2 N–H and O–H groups in total. The van der Waals surface area contributed by atoms with Gasteiger partial charge in [0.05, 0.1) is 10.9 Å². The molecule has 1 aliphatic heterocycles. The average molecular weight is 364 g/mol. The van der Waals surface area contributed by atoms with E-state index >= 15 is 0 Å². The number of hydrogen-bond acceptors (Lipinski definition) is 4. The summed E-state index contributed by atoms with van der Waals surface area (Å²) in [6.07, 6.45) is 3.69. The predicted molar refractivity (Wildman–Crippen MR) is 90.5 cm³/mol. The minimum atomic E-state index is -0.545. The number of nitriles is 1. The monoisotopic (exact) mass is 363 g/mol. The van der Waals surface area contributed by atoms with Crippen LogP contribution in [0.15, 0.2) is 29.6 Å². The molecule has 0 radical (unpaired) electrons. The lowest BCUT2D eigenvalue weighted by molar-refractivity contribution is -0.127. The number of rotatable bonds is 2. The topological polar surface area (TPSA) is 82.0 Å². The molecule has 2 unspecified atom stereocenters. The summed E-state index contributed by atoms with van der Waals surface area (Å²) >= 11 is 11.9. The lowest BCUT2D eigenvalue weighted by Crippen LogP contribution is -2.55. The lowest BCUT2D eigenvalue weighted by Gasteiger charge is -2.37. The molecule has 1 amide bonds. The normalized spacial score (nSPS) is 25.0. The van der Waals surface area contributed by atoms with Crippen molar-refractivity contribution in [2.75, 3.05) is 0 Å². The van der Waals surface area contributed by atoms with Gasteiger partial charge in [-0.1, -0.05) is 36.0 Å². The van der Waals surface area contributed by atoms with Gasteiger partial charge < -0.3 is 10.6 Å². The van der Waals surface area contributed by atoms with Crippen LogP contribution in [0.2, 0.25) is 10.0 Å². The standard InChI is InChI=1S/C17H15Cl2N3O2/c18-9-5-6-10(13(19)7-9)15(23)12(8-20)16-21-14-4-2-1-3-11(14)17(24)22-16/h5-7,11,14,21H,1-4H2,(H,22,24)/b16-12-. The highest BCUT2D eigenvalue weighted by atomic mass is 35.5. The van der Waals surface area contributed by atoms with Crippen molar-refractivity contribution in [3.63, 3.8) is 0 Å². The summed E-state index contributed by atoms with van der Waals surface area (Å²) in [5.41, 5.74) is 0.0172. The van der Waals surface area contributed by atoms with Crippen LogP contribution >= 0.6 is 23.2 Å². The summed E-state index contributed by atoms with van der Waals surface area (Å²) < 4.78 is 0. The number of allylic oxidation sites excluding steroid dienone is 1. The van der Waals surface area contributed by atoms with Crippen LogP contribution in [0.25, 0.3) is 0 Å². The number of carbonyl (C=O) groups excluding carboxylic acids is 2. The van der Waals surface area contributed by atoms with E-state index in [9.17, 15) is 14.9 Å². The second kappa shape index (κ2) is 6.84. The van der Waals surface area contributed by atoms with Gasteiger partial charge >= 0.3 is 0 Å².